The molecule has 0 aliphatic carbocycles. The number of rotatable bonds is 3. The van der Waals surface area contributed by atoms with Gasteiger partial charge in [-0.1, -0.05) is 23.2 Å². The average Bonchev–Trinajstić information content (AvgIpc) is 2.24. The zero-order chi connectivity index (χ0) is 14.2. The molecule has 9 heteroatoms. The SMILES string of the molecule is NS(=O)(=O)c1cc(Cl)cc(C(=O)OC2COC2)c1Cl. The average molecular weight is 326 g/mol. The minimum Gasteiger partial charge on any atom is -0.454 e. The van der Waals surface area contributed by atoms with Gasteiger partial charge >= 0.3 is 5.97 Å². The van der Waals surface area contributed by atoms with Crippen molar-refractivity contribution in [2.75, 3.05) is 13.2 Å². The van der Waals surface area contributed by atoms with E-state index in [0.29, 0.717) is 13.2 Å². The summed E-state index contributed by atoms with van der Waals surface area (Å²) in [5, 5.41) is 4.70. The van der Waals surface area contributed by atoms with E-state index in [2.05, 4.69) is 0 Å². The molecule has 2 N–H and O–H groups in total. The van der Waals surface area contributed by atoms with Crippen LogP contribution in [-0.2, 0) is 19.5 Å². The Morgan fingerprint density at radius 2 is 2.00 bits per heavy atom. The van der Waals surface area contributed by atoms with Crippen molar-refractivity contribution in [3.05, 3.63) is 27.7 Å². The molecular weight excluding hydrogens is 317 g/mol. The van der Waals surface area contributed by atoms with Gasteiger partial charge in [-0.05, 0) is 12.1 Å². The number of carbonyl (C=O) groups is 1. The topological polar surface area (TPSA) is 95.7 Å². The minimum atomic E-state index is -4.08. The number of carbonyl (C=O) groups excluding carboxylic acids is 1. The number of halogens is 2. The van der Waals surface area contributed by atoms with E-state index in [-0.39, 0.29) is 21.7 Å². The second-order valence-corrected chi connectivity index (χ2v) is 6.22. The first-order valence-corrected chi connectivity index (χ1v) is 7.40. The van der Waals surface area contributed by atoms with Crippen LogP contribution in [0.15, 0.2) is 17.0 Å². The van der Waals surface area contributed by atoms with Crippen LogP contribution in [0.5, 0.6) is 0 Å². The maximum atomic E-state index is 11.8. The lowest BCUT2D eigenvalue weighted by atomic mass is 10.2. The Hall–Kier alpha value is -0.860. The van der Waals surface area contributed by atoms with Crippen LogP contribution in [-0.4, -0.2) is 33.7 Å². The molecule has 1 fully saturated rings. The highest BCUT2D eigenvalue weighted by molar-refractivity contribution is 7.89. The fraction of sp³-hybridized carbons (Fsp3) is 0.300. The number of sulfonamides is 1. The van der Waals surface area contributed by atoms with Gasteiger partial charge in [-0.2, -0.15) is 0 Å². The minimum absolute atomic E-state index is 0.0187. The van der Waals surface area contributed by atoms with Gasteiger partial charge in [0, 0.05) is 5.02 Å². The Kier molecular flexibility index (Phi) is 4.03. The summed E-state index contributed by atoms with van der Waals surface area (Å²) >= 11 is 11.6. The summed E-state index contributed by atoms with van der Waals surface area (Å²) in [4.78, 5) is 11.4. The number of primary sulfonamides is 1. The molecule has 0 spiro atoms. The van der Waals surface area contributed by atoms with Crippen molar-refractivity contribution >= 4 is 39.2 Å². The van der Waals surface area contributed by atoms with Gasteiger partial charge in [0.2, 0.25) is 10.0 Å². The summed E-state index contributed by atoms with van der Waals surface area (Å²) in [6, 6.07) is 2.29. The van der Waals surface area contributed by atoms with Crippen molar-refractivity contribution in [2.45, 2.75) is 11.0 Å². The quantitative estimate of drug-likeness (QED) is 0.842. The Balaban J connectivity index is 2.39. The summed E-state index contributed by atoms with van der Waals surface area (Å²) in [5.41, 5.74) is -0.148. The van der Waals surface area contributed by atoms with Crippen molar-refractivity contribution in [3.8, 4) is 0 Å². The molecule has 104 valence electrons. The maximum Gasteiger partial charge on any atom is 0.340 e. The van der Waals surface area contributed by atoms with Crippen molar-refractivity contribution in [2.24, 2.45) is 5.14 Å². The third kappa shape index (κ3) is 3.18. The Morgan fingerprint density at radius 3 is 2.47 bits per heavy atom. The van der Waals surface area contributed by atoms with Gasteiger partial charge in [-0.25, -0.2) is 18.4 Å². The first-order chi connectivity index (χ1) is 8.79. The summed E-state index contributed by atoms with van der Waals surface area (Å²) in [6.45, 7) is 0.595. The van der Waals surface area contributed by atoms with E-state index >= 15 is 0 Å². The summed E-state index contributed by atoms with van der Waals surface area (Å²) in [7, 11) is -4.08. The fourth-order valence-corrected chi connectivity index (χ4v) is 2.86. The molecule has 1 heterocycles. The van der Waals surface area contributed by atoms with Crippen molar-refractivity contribution in [1.29, 1.82) is 0 Å². The standard InChI is InChI=1S/C10H9Cl2NO5S/c11-5-1-7(10(14)18-6-3-17-4-6)9(12)8(2-5)19(13,15)16/h1-2,6H,3-4H2,(H2,13,15,16). The second kappa shape index (κ2) is 5.26. The smallest absolute Gasteiger partial charge is 0.340 e. The maximum absolute atomic E-state index is 11.8. The lowest BCUT2D eigenvalue weighted by molar-refractivity contribution is -0.103. The van der Waals surface area contributed by atoms with E-state index in [4.69, 9.17) is 37.8 Å². The van der Waals surface area contributed by atoms with Gasteiger partial charge in [0.25, 0.3) is 0 Å². The highest BCUT2D eigenvalue weighted by Gasteiger charge is 2.27. The van der Waals surface area contributed by atoms with Gasteiger partial charge in [-0.15, -0.1) is 0 Å². The summed E-state index contributed by atoms with van der Waals surface area (Å²) in [6.07, 6.45) is -0.361. The van der Waals surface area contributed by atoms with Crippen LogP contribution in [0.3, 0.4) is 0 Å². The highest BCUT2D eigenvalue weighted by Crippen LogP contribution is 2.29. The molecule has 1 aromatic carbocycles. The molecule has 0 saturated carbocycles. The van der Waals surface area contributed by atoms with Gasteiger partial charge in [0.1, 0.15) is 11.0 Å². The number of nitrogens with two attached hydrogens (primary N) is 1. The molecular formula is C10H9Cl2NO5S. The normalized spacial score (nSPS) is 15.9. The number of esters is 1. The number of hydrogen-bond acceptors (Lipinski definition) is 5. The number of benzene rings is 1. The van der Waals surface area contributed by atoms with E-state index in [1.807, 2.05) is 0 Å². The van der Waals surface area contributed by atoms with Crippen LogP contribution < -0.4 is 5.14 Å². The molecule has 1 aromatic rings. The monoisotopic (exact) mass is 325 g/mol. The molecule has 0 amide bonds. The van der Waals surface area contributed by atoms with Crippen LogP contribution in [0.1, 0.15) is 10.4 Å². The molecule has 0 unspecified atom stereocenters. The van der Waals surface area contributed by atoms with Gasteiger partial charge < -0.3 is 9.47 Å². The van der Waals surface area contributed by atoms with Crippen LogP contribution in [0.4, 0.5) is 0 Å². The molecule has 2 rings (SSSR count). The van der Waals surface area contributed by atoms with Crippen molar-refractivity contribution in [1.82, 2.24) is 0 Å². The molecule has 1 aliphatic rings. The molecule has 1 saturated heterocycles. The zero-order valence-corrected chi connectivity index (χ0v) is 11.8. The molecule has 6 nitrogen and oxygen atoms in total. The Morgan fingerprint density at radius 1 is 1.37 bits per heavy atom. The largest absolute Gasteiger partial charge is 0.454 e. The third-order valence-corrected chi connectivity index (χ3v) is 4.08. The number of hydrogen-bond donors (Lipinski definition) is 1. The van der Waals surface area contributed by atoms with Crippen molar-refractivity contribution in [3.63, 3.8) is 0 Å². The predicted molar refractivity (Wildman–Crippen MR) is 67.9 cm³/mol. The van der Waals surface area contributed by atoms with Crippen LogP contribution >= 0.6 is 23.2 Å². The first-order valence-electron chi connectivity index (χ1n) is 5.09. The van der Waals surface area contributed by atoms with Gasteiger partial charge in [0.15, 0.2) is 0 Å². The Labute approximate surface area is 119 Å². The van der Waals surface area contributed by atoms with E-state index < -0.39 is 20.9 Å². The van der Waals surface area contributed by atoms with Crippen molar-refractivity contribution < 1.29 is 22.7 Å². The molecule has 19 heavy (non-hydrogen) atoms. The van der Waals surface area contributed by atoms with Gasteiger partial charge in [-0.3, -0.25) is 0 Å². The zero-order valence-electron chi connectivity index (χ0n) is 9.43. The van der Waals surface area contributed by atoms with Gasteiger partial charge in [0.05, 0.1) is 23.8 Å². The predicted octanol–water partition coefficient (Wildman–Crippen LogP) is 1.20. The van der Waals surface area contributed by atoms with Crippen LogP contribution in [0, 0.1) is 0 Å². The number of ether oxygens (including phenoxy) is 2. The summed E-state index contributed by atoms with van der Waals surface area (Å²) in [5.74, 6) is -0.772. The molecule has 1 aliphatic heterocycles. The highest BCUT2D eigenvalue weighted by atomic mass is 35.5. The lowest BCUT2D eigenvalue weighted by Crippen LogP contribution is -2.37. The second-order valence-electron chi connectivity index (χ2n) is 3.88. The third-order valence-electron chi connectivity index (χ3n) is 2.41. The lowest BCUT2D eigenvalue weighted by Gasteiger charge is -2.25. The first kappa shape index (κ1) is 14.5. The fourth-order valence-electron chi connectivity index (χ4n) is 1.42. The Bertz CT molecular complexity index is 627. The molecule has 0 atom stereocenters. The van der Waals surface area contributed by atoms with E-state index in [9.17, 15) is 13.2 Å². The molecule has 0 radical (unpaired) electrons. The van der Waals surface area contributed by atoms with E-state index in [1.54, 1.807) is 0 Å². The van der Waals surface area contributed by atoms with Crippen LogP contribution in [0.25, 0.3) is 0 Å². The molecule has 0 bridgehead atoms. The van der Waals surface area contributed by atoms with Crippen LogP contribution in [0.2, 0.25) is 10.0 Å². The van der Waals surface area contributed by atoms with E-state index in [1.165, 1.54) is 6.07 Å². The van der Waals surface area contributed by atoms with E-state index in [0.717, 1.165) is 6.07 Å². The summed E-state index contributed by atoms with van der Waals surface area (Å²) < 4.78 is 32.6. The molecule has 0 aromatic heterocycles.